The average Bonchev–Trinajstić information content (AvgIpc) is 3.79. The number of fused-ring (bicyclic) bond motifs is 7. The summed E-state index contributed by atoms with van der Waals surface area (Å²) < 4.78 is 9.01. The van der Waals surface area contributed by atoms with Gasteiger partial charge in [0.15, 0.2) is 17.5 Å². The number of rotatable bonds is 5. The van der Waals surface area contributed by atoms with E-state index in [2.05, 4.69) is 114 Å². The first-order valence-electron chi connectivity index (χ1n) is 18.1. The normalized spacial score (nSPS) is 11.7. The lowest BCUT2D eigenvalue weighted by Gasteiger charge is -2.10. The van der Waals surface area contributed by atoms with Crippen LogP contribution in [0.3, 0.4) is 0 Å². The van der Waals surface area contributed by atoms with E-state index in [0.717, 1.165) is 55.3 Å². The molecule has 0 aliphatic rings. The van der Waals surface area contributed by atoms with Gasteiger partial charge in [-0.05, 0) is 58.3 Å². The van der Waals surface area contributed by atoms with E-state index in [4.69, 9.17) is 19.4 Å². The van der Waals surface area contributed by atoms with Gasteiger partial charge in [-0.2, -0.15) is 0 Å². The third-order valence-corrected chi connectivity index (χ3v) is 10.4. The highest BCUT2D eigenvalue weighted by molar-refractivity contribution is 6.17. The summed E-state index contributed by atoms with van der Waals surface area (Å²) >= 11 is 0. The van der Waals surface area contributed by atoms with Crippen LogP contribution in [0.1, 0.15) is 0 Å². The highest BCUT2D eigenvalue weighted by atomic mass is 16.3. The SMILES string of the molecule is c1ccc(-c2nc(-c3ccccc3)nc(-c3cccc4oc5cc(-n6c7ccccc7c7c(-c8ccc9ccccc9c8)cccc76)ccc5c34)n2)cc1. The summed E-state index contributed by atoms with van der Waals surface area (Å²) in [7, 11) is 0. The van der Waals surface area contributed by atoms with E-state index in [1.54, 1.807) is 0 Å². The van der Waals surface area contributed by atoms with Crippen LogP contribution in [0.5, 0.6) is 0 Å². The molecular formula is C49H30N4O. The standard InChI is InChI=1S/C49H30N4O/c1-3-14-32(15-4-1)47-50-48(33-16-5-2-6-17-33)52-49(51-47)40-21-12-24-43-46(40)39-28-27-36(30-44(39)54-43)53-41-22-10-9-19-38(41)45-37(20-11-23-42(45)53)35-26-25-31-13-7-8-18-34(31)29-35/h1-30H. The number of nitrogens with zero attached hydrogens (tertiary/aromatic N) is 4. The number of furan rings is 1. The minimum atomic E-state index is 0.601. The molecule has 0 aliphatic heterocycles. The fourth-order valence-electron chi connectivity index (χ4n) is 7.96. The second kappa shape index (κ2) is 12.1. The molecule has 0 radical (unpaired) electrons. The molecule has 0 aliphatic carbocycles. The van der Waals surface area contributed by atoms with Crippen molar-refractivity contribution in [3.8, 4) is 51.0 Å². The molecular weight excluding hydrogens is 661 g/mol. The van der Waals surface area contributed by atoms with E-state index in [9.17, 15) is 0 Å². The zero-order chi connectivity index (χ0) is 35.6. The van der Waals surface area contributed by atoms with Gasteiger partial charge in [-0.3, -0.25) is 0 Å². The lowest BCUT2D eigenvalue weighted by atomic mass is 9.97. The molecule has 0 spiro atoms. The van der Waals surface area contributed by atoms with Gasteiger partial charge in [0.2, 0.25) is 0 Å². The molecule has 3 heterocycles. The van der Waals surface area contributed by atoms with E-state index in [0.29, 0.717) is 17.5 Å². The largest absolute Gasteiger partial charge is 0.456 e. The first-order chi connectivity index (χ1) is 26.8. The summed E-state index contributed by atoms with van der Waals surface area (Å²) in [6.45, 7) is 0. The molecule has 0 atom stereocenters. The van der Waals surface area contributed by atoms with Gasteiger partial charge in [0, 0.05) is 50.0 Å². The van der Waals surface area contributed by atoms with Gasteiger partial charge in [0.05, 0.1) is 11.0 Å². The minimum absolute atomic E-state index is 0.601. The average molecular weight is 691 g/mol. The number of hydrogen-bond donors (Lipinski definition) is 0. The van der Waals surface area contributed by atoms with Crippen LogP contribution >= 0.6 is 0 Å². The summed E-state index contributed by atoms with van der Waals surface area (Å²) in [6, 6.07) is 63.3. The van der Waals surface area contributed by atoms with Crippen LogP contribution in [0.15, 0.2) is 186 Å². The molecule has 0 fully saturated rings. The Balaban J connectivity index is 1.10. The molecule has 252 valence electrons. The fourth-order valence-corrected chi connectivity index (χ4v) is 7.96. The minimum Gasteiger partial charge on any atom is -0.456 e. The molecule has 0 amide bonds. The lowest BCUT2D eigenvalue weighted by Crippen LogP contribution is -2.00. The molecule has 0 saturated carbocycles. The van der Waals surface area contributed by atoms with E-state index in [-0.39, 0.29) is 0 Å². The number of aromatic nitrogens is 4. The summed E-state index contributed by atoms with van der Waals surface area (Å²) in [5.74, 6) is 1.85. The first-order valence-corrected chi connectivity index (χ1v) is 18.1. The summed E-state index contributed by atoms with van der Waals surface area (Å²) in [5, 5.41) is 6.89. The summed E-state index contributed by atoms with van der Waals surface area (Å²) in [6.07, 6.45) is 0. The molecule has 5 nitrogen and oxygen atoms in total. The molecule has 0 saturated heterocycles. The molecule has 0 bridgehead atoms. The van der Waals surface area contributed by atoms with Crippen LogP contribution < -0.4 is 0 Å². The molecule has 3 aromatic heterocycles. The van der Waals surface area contributed by atoms with Crippen molar-refractivity contribution < 1.29 is 4.42 Å². The van der Waals surface area contributed by atoms with E-state index >= 15 is 0 Å². The molecule has 11 rings (SSSR count). The van der Waals surface area contributed by atoms with Gasteiger partial charge >= 0.3 is 0 Å². The van der Waals surface area contributed by atoms with Gasteiger partial charge < -0.3 is 8.98 Å². The lowest BCUT2D eigenvalue weighted by molar-refractivity contribution is 0.668. The predicted octanol–water partition coefficient (Wildman–Crippen LogP) is 12.7. The van der Waals surface area contributed by atoms with Crippen molar-refractivity contribution in [2.24, 2.45) is 0 Å². The Kier molecular flexibility index (Phi) is 6.79. The van der Waals surface area contributed by atoms with Gasteiger partial charge in [-0.15, -0.1) is 0 Å². The van der Waals surface area contributed by atoms with Crippen LogP contribution in [0.25, 0.3) is 105 Å². The number of para-hydroxylation sites is 1. The third-order valence-electron chi connectivity index (χ3n) is 10.4. The first kappa shape index (κ1) is 30.3. The van der Waals surface area contributed by atoms with Crippen molar-refractivity contribution in [2.45, 2.75) is 0 Å². The van der Waals surface area contributed by atoms with E-state index in [1.807, 2.05) is 72.8 Å². The van der Waals surface area contributed by atoms with Crippen molar-refractivity contribution in [3.63, 3.8) is 0 Å². The van der Waals surface area contributed by atoms with Crippen LogP contribution in [0.4, 0.5) is 0 Å². The van der Waals surface area contributed by atoms with Gasteiger partial charge in [0.25, 0.3) is 0 Å². The van der Waals surface area contributed by atoms with E-state index < -0.39 is 0 Å². The molecule has 5 heteroatoms. The molecule has 54 heavy (non-hydrogen) atoms. The molecule has 0 unspecified atom stereocenters. The summed E-state index contributed by atoms with van der Waals surface area (Å²) in [4.78, 5) is 15.0. The monoisotopic (exact) mass is 690 g/mol. The zero-order valence-corrected chi connectivity index (χ0v) is 29.0. The van der Waals surface area contributed by atoms with Crippen molar-refractivity contribution in [1.29, 1.82) is 0 Å². The van der Waals surface area contributed by atoms with Crippen molar-refractivity contribution in [3.05, 3.63) is 182 Å². The van der Waals surface area contributed by atoms with Crippen molar-refractivity contribution in [1.82, 2.24) is 19.5 Å². The Morgan fingerprint density at radius 2 is 1.02 bits per heavy atom. The van der Waals surface area contributed by atoms with Gasteiger partial charge in [-0.25, -0.2) is 15.0 Å². The van der Waals surface area contributed by atoms with Crippen LogP contribution in [0, 0.1) is 0 Å². The van der Waals surface area contributed by atoms with Crippen LogP contribution in [0.2, 0.25) is 0 Å². The van der Waals surface area contributed by atoms with Crippen LogP contribution in [-0.2, 0) is 0 Å². The quantitative estimate of drug-likeness (QED) is 0.180. The second-order valence-electron chi connectivity index (χ2n) is 13.6. The van der Waals surface area contributed by atoms with Gasteiger partial charge in [0.1, 0.15) is 11.2 Å². The highest BCUT2D eigenvalue weighted by Gasteiger charge is 2.20. The Labute approximate surface area is 310 Å². The Bertz CT molecular complexity index is 3160. The Morgan fingerprint density at radius 3 is 1.81 bits per heavy atom. The maximum absolute atomic E-state index is 6.66. The molecule has 8 aromatic carbocycles. The Hall–Kier alpha value is -7.37. The topological polar surface area (TPSA) is 56.7 Å². The predicted molar refractivity (Wildman–Crippen MR) is 221 cm³/mol. The summed E-state index contributed by atoms with van der Waals surface area (Å²) in [5.41, 5.74) is 10.1. The van der Waals surface area contributed by atoms with Crippen molar-refractivity contribution in [2.75, 3.05) is 0 Å². The molecule has 0 N–H and O–H groups in total. The maximum Gasteiger partial charge on any atom is 0.164 e. The maximum atomic E-state index is 6.66. The third kappa shape index (κ3) is 4.83. The number of hydrogen-bond acceptors (Lipinski definition) is 4. The van der Waals surface area contributed by atoms with E-state index in [1.165, 1.54) is 32.7 Å². The zero-order valence-electron chi connectivity index (χ0n) is 29.0. The molecule has 11 aromatic rings. The smallest absolute Gasteiger partial charge is 0.164 e. The van der Waals surface area contributed by atoms with Crippen molar-refractivity contribution >= 4 is 54.5 Å². The van der Waals surface area contributed by atoms with Gasteiger partial charge in [-0.1, -0.05) is 140 Å². The second-order valence-corrected chi connectivity index (χ2v) is 13.6. The highest BCUT2D eigenvalue weighted by Crippen LogP contribution is 2.41. The fraction of sp³-hybridized carbons (Fsp3) is 0. The number of benzene rings is 8. The Morgan fingerprint density at radius 1 is 0.370 bits per heavy atom. The van der Waals surface area contributed by atoms with Crippen LogP contribution in [-0.4, -0.2) is 19.5 Å².